The maximum atomic E-state index is 4.33. The van der Waals surface area contributed by atoms with Crippen molar-refractivity contribution in [2.24, 2.45) is 0 Å². The Kier molecular flexibility index (Phi) is 3.23. The van der Waals surface area contributed by atoms with Gasteiger partial charge in [-0.25, -0.2) is 4.98 Å². The first-order valence-corrected chi connectivity index (χ1v) is 6.19. The zero-order valence-corrected chi connectivity index (χ0v) is 9.44. The molecular weight excluding hydrogens is 214 g/mol. The van der Waals surface area contributed by atoms with Crippen molar-refractivity contribution in [1.29, 1.82) is 0 Å². The topological polar surface area (TPSA) is 37.8 Å². The maximum Gasteiger partial charge on any atom is 0.115 e. The van der Waals surface area contributed by atoms with Crippen LogP contribution in [0, 0.1) is 0 Å². The second-order valence-corrected chi connectivity index (χ2v) is 4.61. The molecule has 0 aliphatic heterocycles. The maximum absolute atomic E-state index is 4.33. The van der Waals surface area contributed by atoms with Crippen LogP contribution in [0.15, 0.2) is 23.3 Å². The van der Waals surface area contributed by atoms with Crippen LogP contribution in [-0.2, 0) is 0 Å². The van der Waals surface area contributed by atoms with Gasteiger partial charge in [-0.1, -0.05) is 6.92 Å². The highest BCUT2D eigenvalue weighted by Crippen LogP contribution is 2.25. The number of aromatic nitrogens is 2. The molecule has 2 heterocycles. The zero-order chi connectivity index (χ0) is 9.80. The quantitative estimate of drug-likeness (QED) is 0.867. The monoisotopic (exact) mass is 225 g/mol. The molecule has 74 valence electrons. The molecular formula is C9H11N3S2. The third-order valence-corrected chi connectivity index (χ3v) is 3.52. The number of hydrogen-bond donors (Lipinski definition) is 1. The summed E-state index contributed by atoms with van der Waals surface area (Å²) in [5.41, 5.74) is 1.85. The average molecular weight is 225 g/mol. The van der Waals surface area contributed by atoms with E-state index >= 15 is 0 Å². The Balaban J connectivity index is 2.25. The predicted octanol–water partition coefficient (Wildman–Crippen LogP) is 2.30. The van der Waals surface area contributed by atoms with Gasteiger partial charge in [-0.2, -0.15) is 0 Å². The van der Waals surface area contributed by atoms with Gasteiger partial charge < -0.3 is 5.32 Å². The lowest BCUT2D eigenvalue weighted by atomic mass is 10.3. The van der Waals surface area contributed by atoms with Crippen LogP contribution in [0.1, 0.15) is 22.9 Å². The lowest BCUT2D eigenvalue weighted by molar-refractivity contribution is 0.635. The lowest BCUT2D eigenvalue weighted by Crippen LogP contribution is -2.20. The average Bonchev–Trinajstić information content (AvgIpc) is 2.87. The third kappa shape index (κ3) is 2.00. The molecule has 2 aromatic rings. The van der Waals surface area contributed by atoms with Gasteiger partial charge >= 0.3 is 0 Å². The van der Waals surface area contributed by atoms with Gasteiger partial charge in [0.15, 0.2) is 0 Å². The van der Waals surface area contributed by atoms with Gasteiger partial charge in [-0.15, -0.1) is 22.7 Å². The van der Waals surface area contributed by atoms with Gasteiger partial charge in [0.2, 0.25) is 0 Å². The van der Waals surface area contributed by atoms with Gasteiger partial charge in [-0.05, 0) is 6.54 Å². The first-order valence-electron chi connectivity index (χ1n) is 4.43. The Morgan fingerprint density at radius 3 is 3.00 bits per heavy atom. The summed E-state index contributed by atoms with van der Waals surface area (Å²) in [5.74, 6) is 0. The van der Waals surface area contributed by atoms with Crippen LogP contribution in [0.3, 0.4) is 0 Å². The van der Waals surface area contributed by atoms with E-state index in [-0.39, 0.29) is 6.04 Å². The summed E-state index contributed by atoms with van der Waals surface area (Å²) in [5, 5.41) is 6.51. The van der Waals surface area contributed by atoms with Crippen LogP contribution in [0.2, 0.25) is 0 Å². The largest absolute Gasteiger partial charge is 0.304 e. The minimum atomic E-state index is 0.215. The van der Waals surface area contributed by atoms with Crippen LogP contribution in [0.25, 0.3) is 0 Å². The fourth-order valence-electron chi connectivity index (χ4n) is 1.26. The first-order chi connectivity index (χ1) is 6.92. The Morgan fingerprint density at radius 2 is 2.43 bits per heavy atom. The van der Waals surface area contributed by atoms with E-state index in [1.165, 1.54) is 4.88 Å². The molecule has 1 N–H and O–H groups in total. The molecule has 1 unspecified atom stereocenters. The van der Waals surface area contributed by atoms with Gasteiger partial charge in [0, 0.05) is 22.7 Å². The first kappa shape index (κ1) is 9.76. The molecule has 0 amide bonds. The van der Waals surface area contributed by atoms with E-state index in [1.54, 1.807) is 22.7 Å². The van der Waals surface area contributed by atoms with Crippen molar-refractivity contribution >= 4 is 22.7 Å². The molecule has 3 nitrogen and oxygen atoms in total. The highest BCUT2D eigenvalue weighted by molar-refractivity contribution is 7.11. The van der Waals surface area contributed by atoms with Crippen LogP contribution >= 0.6 is 22.7 Å². The van der Waals surface area contributed by atoms with E-state index in [9.17, 15) is 0 Å². The van der Waals surface area contributed by atoms with E-state index in [2.05, 4.69) is 22.2 Å². The van der Waals surface area contributed by atoms with Gasteiger partial charge in [0.25, 0.3) is 0 Å². The SMILES string of the molecule is CCNC(c1cncs1)c1nccs1. The molecule has 0 saturated heterocycles. The fraction of sp³-hybridized carbons (Fsp3) is 0.333. The van der Waals surface area contributed by atoms with Crippen molar-refractivity contribution in [1.82, 2.24) is 15.3 Å². The van der Waals surface area contributed by atoms with E-state index in [0.29, 0.717) is 0 Å². The molecule has 0 radical (unpaired) electrons. The van der Waals surface area contributed by atoms with E-state index < -0.39 is 0 Å². The molecule has 0 saturated carbocycles. The van der Waals surface area contributed by atoms with Crippen LogP contribution < -0.4 is 5.32 Å². The van der Waals surface area contributed by atoms with Crippen LogP contribution in [0.4, 0.5) is 0 Å². The minimum absolute atomic E-state index is 0.215. The van der Waals surface area contributed by atoms with Crippen molar-refractivity contribution in [2.75, 3.05) is 6.54 Å². The Bertz CT molecular complexity index is 321. The number of rotatable bonds is 4. The molecule has 1 atom stereocenters. The number of nitrogens with one attached hydrogen (secondary N) is 1. The Hall–Kier alpha value is -0.780. The van der Waals surface area contributed by atoms with Crippen molar-refractivity contribution in [3.63, 3.8) is 0 Å². The molecule has 0 aliphatic rings. The normalized spacial score (nSPS) is 12.9. The Morgan fingerprint density at radius 1 is 1.50 bits per heavy atom. The second-order valence-electron chi connectivity index (χ2n) is 2.76. The minimum Gasteiger partial charge on any atom is -0.304 e. The van der Waals surface area contributed by atoms with E-state index in [0.717, 1.165) is 11.6 Å². The summed E-state index contributed by atoms with van der Waals surface area (Å²) in [4.78, 5) is 9.64. The zero-order valence-electron chi connectivity index (χ0n) is 7.80. The molecule has 0 aromatic carbocycles. The fourth-order valence-corrected chi connectivity index (χ4v) is 2.76. The molecule has 0 aliphatic carbocycles. The smallest absolute Gasteiger partial charge is 0.115 e. The second kappa shape index (κ2) is 4.63. The molecule has 2 aromatic heterocycles. The predicted molar refractivity (Wildman–Crippen MR) is 59.7 cm³/mol. The van der Waals surface area contributed by atoms with Crippen LogP contribution in [-0.4, -0.2) is 16.5 Å². The molecule has 14 heavy (non-hydrogen) atoms. The molecule has 2 rings (SSSR count). The van der Waals surface area contributed by atoms with E-state index in [1.807, 2.05) is 23.3 Å². The Labute approximate surface area is 90.9 Å². The summed E-state index contributed by atoms with van der Waals surface area (Å²) in [7, 11) is 0. The number of thiazole rings is 2. The standard InChI is InChI=1S/C9H11N3S2/c1-2-11-8(7-5-10-6-14-7)9-12-3-4-13-9/h3-6,8,11H,2H2,1H3. The summed E-state index contributed by atoms with van der Waals surface area (Å²) >= 11 is 3.34. The lowest BCUT2D eigenvalue weighted by Gasteiger charge is -2.12. The van der Waals surface area contributed by atoms with Crippen molar-refractivity contribution in [3.8, 4) is 0 Å². The highest BCUT2D eigenvalue weighted by Gasteiger charge is 2.16. The summed E-state index contributed by atoms with van der Waals surface area (Å²) in [6, 6.07) is 0.215. The number of nitrogens with zero attached hydrogens (tertiary/aromatic N) is 2. The molecule has 0 bridgehead atoms. The summed E-state index contributed by atoms with van der Waals surface area (Å²) in [6.45, 7) is 3.03. The molecule has 0 fully saturated rings. The van der Waals surface area contributed by atoms with Gasteiger partial charge in [0.1, 0.15) is 5.01 Å². The van der Waals surface area contributed by atoms with Crippen molar-refractivity contribution in [3.05, 3.63) is 33.2 Å². The highest BCUT2D eigenvalue weighted by atomic mass is 32.1. The summed E-state index contributed by atoms with van der Waals surface area (Å²) < 4.78 is 0. The number of hydrogen-bond acceptors (Lipinski definition) is 5. The van der Waals surface area contributed by atoms with Crippen LogP contribution in [0.5, 0.6) is 0 Å². The molecule has 0 spiro atoms. The van der Waals surface area contributed by atoms with E-state index in [4.69, 9.17) is 0 Å². The summed E-state index contributed by atoms with van der Waals surface area (Å²) in [6.07, 6.45) is 3.74. The van der Waals surface area contributed by atoms with Gasteiger partial charge in [0.05, 0.1) is 11.6 Å². The third-order valence-electron chi connectivity index (χ3n) is 1.84. The van der Waals surface area contributed by atoms with Crippen molar-refractivity contribution in [2.45, 2.75) is 13.0 Å². The molecule has 5 heteroatoms. The van der Waals surface area contributed by atoms with Crippen molar-refractivity contribution < 1.29 is 0 Å². The van der Waals surface area contributed by atoms with Gasteiger partial charge in [-0.3, -0.25) is 4.98 Å².